The number of aromatic nitrogens is 4. The highest BCUT2D eigenvalue weighted by molar-refractivity contribution is 5.85. The molecule has 3 aromatic rings. The average molecular weight is 947 g/mol. The number of fused-ring (bicyclic) bond motifs is 1. The van der Waals surface area contributed by atoms with Gasteiger partial charge in [0.15, 0.2) is 11.9 Å². The molecule has 14 atom stereocenters. The van der Waals surface area contributed by atoms with Crippen molar-refractivity contribution in [2.45, 2.75) is 167 Å². The Bertz CT molecular complexity index is 2150. The molecule has 0 aromatic carbocycles. The van der Waals surface area contributed by atoms with Gasteiger partial charge in [-0.05, 0) is 103 Å². The van der Waals surface area contributed by atoms with Crippen LogP contribution in [0.1, 0.15) is 100.0 Å². The summed E-state index contributed by atoms with van der Waals surface area (Å²) in [6.45, 7) is 18.0. The molecule has 3 aromatic heterocycles. The molecule has 3 aliphatic heterocycles. The summed E-state index contributed by atoms with van der Waals surface area (Å²) in [6.07, 6.45) is 6.20. The lowest BCUT2D eigenvalue weighted by molar-refractivity contribution is -0.302. The number of carbonyl (C=O) groups is 4. The van der Waals surface area contributed by atoms with Gasteiger partial charge in [-0.25, -0.2) is 9.78 Å². The molecule has 17 heteroatoms. The van der Waals surface area contributed by atoms with Gasteiger partial charge in [0.25, 0.3) is 0 Å². The highest BCUT2D eigenvalue weighted by atomic mass is 16.7. The smallest absolute Gasteiger partial charge is 0.410 e. The first-order valence-corrected chi connectivity index (χ1v) is 24.3. The second-order valence-electron chi connectivity index (χ2n) is 19.7. The molecule has 0 aliphatic carbocycles. The van der Waals surface area contributed by atoms with Crippen molar-refractivity contribution in [3.8, 4) is 11.3 Å². The molecule has 374 valence electrons. The van der Waals surface area contributed by atoms with Gasteiger partial charge < -0.3 is 47.9 Å². The molecular formula is C51H74N6O11. The molecule has 3 fully saturated rings. The first-order chi connectivity index (χ1) is 32.3. The average Bonchev–Trinajstić information content (AvgIpc) is 3.91. The molecule has 17 nitrogen and oxygen atoms in total. The summed E-state index contributed by atoms with van der Waals surface area (Å²) in [6, 6.07) is 6.13. The quantitative estimate of drug-likeness (QED) is 0.101. The van der Waals surface area contributed by atoms with E-state index in [4.69, 9.17) is 28.4 Å². The van der Waals surface area contributed by atoms with Crippen LogP contribution >= 0.6 is 0 Å². The molecule has 0 spiro atoms. The molecule has 0 saturated carbocycles. The first-order valence-electron chi connectivity index (χ1n) is 24.3. The fourth-order valence-corrected chi connectivity index (χ4v) is 10.8. The van der Waals surface area contributed by atoms with Crippen LogP contribution in [0.5, 0.6) is 0 Å². The molecule has 0 bridgehead atoms. The van der Waals surface area contributed by atoms with Gasteiger partial charge in [-0.3, -0.25) is 24.4 Å². The van der Waals surface area contributed by atoms with Crippen LogP contribution in [0.2, 0.25) is 0 Å². The van der Waals surface area contributed by atoms with E-state index >= 15 is 4.79 Å². The van der Waals surface area contributed by atoms with Crippen LogP contribution in [-0.4, -0.2) is 146 Å². The second-order valence-corrected chi connectivity index (χ2v) is 19.7. The van der Waals surface area contributed by atoms with Gasteiger partial charge in [0.1, 0.15) is 24.1 Å². The van der Waals surface area contributed by atoms with Crippen LogP contribution in [0.25, 0.3) is 11.3 Å². The predicted octanol–water partition coefficient (Wildman–Crippen LogP) is 6.30. The van der Waals surface area contributed by atoms with Gasteiger partial charge in [-0.15, -0.1) is 0 Å². The number of rotatable bonds is 15. The molecule has 0 radical (unpaired) electrons. The number of hydrogen-bond donors (Lipinski definition) is 1. The SMILES string of the molecule is CC[C@H]1OC(=O)[C@H](C)[C@@H](OC(=O)Cc2ccncc2)[C@H](C)[C@@H](O[C@H]2O[C@@H](C)C[C@@H](N(C)CC)[C@@H]2O)[C@](C)(OC)C[C@@H](C)C(=O)[C@H](C)[C@H]2N(CCCCn3cnc(-c4cccnc4)c3)C(=O)O[C@]12C. The normalized spacial score (nSPS) is 34.0. The minimum atomic E-state index is -1.44. The third kappa shape index (κ3) is 11.6. The molecule has 6 heterocycles. The summed E-state index contributed by atoms with van der Waals surface area (Å²) in [4.78, 5) is 74.4. The number of unbranched alkanes of at least 4 members (excludes halogenated alkanes) is 1. The lowest BCUT2D eigenvalue weighted by Crippen LogP contribution is -2.61. The molecule has 1 amide bonds. The van der Waals surface area contributed by atoms with E-state index in [0.717, 1.165) is 11.3 Å². The number of carbonyl (C=O) groups excluding carboxylic acids is 4. The number of ketones is 1. The number of amides is 1. The van der Waals surface area contributed by atoms with Crippen molar-refractivity contribution in [2.24, 2.45) is 23.7 Å². The summed E-state index contributed by atoms with van der Waals surface area (Å²) in [5.41, 5.74) is -0.353. The lowest BCUT2D eigenvalue weighted by Gasteiger charge is -2.48. The minimum absolute atomic E-state index is 0.102. The molecule has 68 heavy (non-hydrogen) atoms. The lowest BCUT2D eigenvalue weighted by atomic mass is 9.73. The summed E-state index contributed by atoms with van der Waals surface area (Å²) < 4.78 is 40.7. The highest BCUT2D eigenvalue weighted by Gasteiger charge is 2.60. The number of pyridine rings is 2. The number of hydrogen-bond acceptors (Lipinski definition) is 15. The Hall–Kier alpha value is -4.81. The fourth-order valence-electron chi connectivity index (χ4n) is 10.8. The Balaban J connectivity index is 1.35. The predicted molar refractivity (Wildman–Crippen MR) is 252 cm³/mol. The number of cyclic esters (lactones) is 1. The van der Waals surface area contributed by atoms with E-state index in [2.05, 4.69) is 19.9 Å². The topological polar surface area (TPSA) is 194 Å². The Morgan fingerprint density at radius 3 is 2.37 bits per heavy atom. The number of esters is 2. The third-order valence-electron chi connectivity index (χ3n) is 14.8. The van der Waals surface area contributed by atoms with E-state index < -0.39 is 89.7 Å². The van der Waals surface area contributed by atoms with Crippen LogP contribution in [0.15, 0.2) is 61.6 Å². The molecular weight excluding hydrogens is 873 g/mol. The number of Topliss-reactive ketones (excluding diaryl/α,β-unsaturated/α-hetero) is 1. The summed E-state index contributed by atoms with van der Waals surface area (Å²) in [5, 5.41) is 11.9. The number of likely N-dealkylation sites (N-methyl/N-ethyl adjacent to an activating group) is 1. The number of aliphatic hydroxyl groups is 1. The standard InChI is InChI=1S/C51H74N6O11/c1-12-40-51(9)45(57(49(62)68-51)24-15-14-23-56-29-38(54-30-56)37-17-16-20-53-28-37)33(5)42(59)31(3)27-50(8,63-11)46(67-48-43(60)39(55(10)13-2)25-32(4)64-48)34(6)44(35(7)47(61)65-40)66-41(58)26-36-18-21-52-22-19-36/h16-22,28-35,39-40,43-46,48,60H,12-15,23-27H2,1-11H3/t31-,32+,33+,34+,35-,39-,40-,43+,44+,45-,46-,48-,50-,51-/m1/s1. The fraction of sp³-hybridized carbons (Fsp3) is 0.667. The number of imidazole rings is 1. The van der Waals surface area contributed by atoms with Crippen molar-refractivity contribution in [1.29, 1.82) is 0 Å². The van der Waals surface area contributed by atoms with E-state index in [0.29, 0.717) is 37.9 Å². The molecule has 1 N–H and O–H groups in total. The maximum Gasteiger partial charge on any atom is 0.410 e. The van der Waals surface area contributed by atoms with E-state index in [1.807, 2.05) is 78.4 Å². The maximum absolute atomic E-state index is 15.1. The van der Waals surface area contributed by atoms with Crippen molar-refractivity contribution in [1.82, 2.24) is 29.3 Å². The third-order valence-corrected chi connectivity index (χ3v) is 14.8. The van der Waals surface area contributed by atoms with Crippen LogP contribution in [-0.2, 0) is 55.8 Å². The number of methoxy groups -OCH3 is 1. The van der Waals surface area contributed by atoms with Gasteiger partial charge in [0.2, 0.25) is 0 Å². The van der Waals surface area contributed by atoms with Gasteiger partial charge >= 0.3 is 18.0 Å². The molecule has 3 saturated heterocycles. The van der Waals surface area contributed by atoms with E-state index in [1.165, 1.54) is 7.11 Å². The number of aliphatic hydroxyl groups excluding tert-OH is 1. The minimum Gasteiger partial charge on any atom is -0.461 e. The van der Waals surface area contributed by atoms with Crippen molar-refractivity contribution in [3.05, 3.63) is 67.1 Å². The van der Waals surface area contributed by atoms with E-state index in [-0.39, 0.29) is 43.7 Å². The summed E-state index contributed by atoms with van der Waals surface area (Å²) >= 11 is 0. The summed E-state index contributed by atoms with van der Waals surface area (Å²) in [7, 11) is 3.47. The van der Waals surface area contributed by atoms with Gasteiger partial charge in [-0.2, -0.15) is 0 Å². The van der Waals surface area contributed by atoms with Crippen LogP contribution in [0, 0.1) is 23.7 Å². The van der Waals surface area contributed by atoms with Gasteiger partial charge in [0, 0.05) is 80.5 Å². The molecule has 6 rings (SSSR count). The maximum atomic E-state index is 15.1. The zero-order valence-electron chi connectivity index (χ0n) is 41.8. The summed E-state index contributed by atoms with van der Waals surface area (Å²) in [5.74, 6) is -4.79. The van der Waals surface area contributed by atoms with Crippen molar-refractivity contribution >= 4 is 23.8 Å². The molecule has 3 aliphatic rings. The van der Waals surface area contributed by atoms with Crippen LogP contribution < -0.4 is 0 Å². The number of ether oxygens (including phenoxy) is 6. The number of aryl methyl sites for hydroxylation is 1. The van der Waals surface area contributed by atoms with Gasteiger partial charge in [-0.1, -0.05) is 34.6 Å². The van der Waals surface area contributed by atoms with Gasteiger partial charge in [0.05, 0.1) is 48.2 Å². The van der Waals surface area contributed by atoms with Crippen molar-refractivity contribution in [3.63, 3.8) is 0 Å². The Morgan fingerprint density at radius 1 is 0.985 bits per heavy atom. The zero-order chi connectivity index (χ0) is 49.5. The van der Waals surface area contributed by atoms with E-state index in [1.54, 1.807) is 62.0 Å². The number of nitrogens with zero attached hydrogens (tertiary/aromatic N) is 6. The Morgan fingerprint density at radius 2 is 1.71 bits per heavy atom. The van der Waals surface area contributed by atoms with Crippen molar-refractivity contribution < 1.29 is 52.7 Å². The Kier molecular flexibility index (Phi) is 17.6. The first kappa shape index (κ1) is 52.6. The van der Waals surface area contributed by atoms with Crippen LogP contribution in [0.4, 0.5) is 4.79 Å². The monoisotopic (exact) mass is 947 g/mol. The Labute approximate surface area is 401 Å². The zero-order valence-corrected chi connectivity index (χ0v) is 41.8. The van der Waals surface area contributed by atoms with E-state index in [9.17, 15) is 19.5 Å². The second kappa shape index (κ2) is 22.7. The van der Waals surface area contributed by atoms with Crippen LogP contribution in [0.3, 0.4) is 0 Å². The largest absolute Gasteiger partial charge is 0.461 e. The molecule has 0 unspecified atom stereocenters. The van der Waals surface area contributed by atoms with Crippen molar-refractivity contribution in [2.75, 3.05) is 27.2 Å². The highest BCUT2D eigenvalue weighted by Crippen LogP contribution is 2.44.